The van der Waals surface area contributed by atoms with Gasteiger partial charge < -0.3 is 13.9 Å². The summed E-state index contributed by atoms with van der Waals surface area (Å²) in [5.74, 6) is 1.02. The minimum absolute atomic E-state index is 0.381. The van der Waals surface area contributed by atoms with Crippen LogP contribution in [0.2, 0.25) is 0 Å². The van der Waals surface area contributed by atoms with Crippen LogP contribution in [-0.4, -0.2) is 29.9 Å². The van der Waals surface area contributed by atoms with Crippen molar-refractivity contribution in [3.8, 4) is 11.3 Å². The van der Waals surface area contributed by atoms with Crippen molar-refractivity contribution in [3.05, 3.63) is 47.7 Å². The molecule has 1 heterocycles. The van der Waals surface area contributed by atoms with E-state index in [0.717, 1.165) is 11.1 Å². The Labute approximate surface area is 148 Å². The molecule has 5 nitrogen and oxygen atoms in total. The van der Waals surface area contributed by atoms with Crippen molar-refractivity contribution in [1.82, 2.24) is 4.90 Å². The monoisotopic (exact) mass is 343 g/mol. The Balaban J connectivity index is 2.32. The van der Waals surface area contributed by atoms with Gasteiger partial charge in [0.15, 0.2) is 11.8 Å². The number of furan rings is 1. The van der Waals surface area contributed by atoms with Crippen molar-refractivity contribution in [2.24, 2.45) is 0 Å². The standard InChI is InChI=1S/C20H25NO4/c1-14-7-9-15(10-8-14)16-11-12-17(24-16)20(5,13-22)21(6)18(23)25-19(2,3)4/h7-13H,1-6H3. The van der Waals surface area contributed by atoms with Gasteiger partial charge in [0.1, 0.15) is 17.1 Å². The van der Waals surface area contributed by atoms with Gasteiger partial charge in [0.2, 0.25) is 0 Å². The number of carbonyl (C=O) groups is 2. The lowest BCUT2D eigenvalue weighted by Crippen LogP contribution is -2.48. The summed E-state index contributed by atoms with van der Waals surface area (Å²) in [5, 5.41) is 0. The van der Waals surface area contributed by atoms with Crippen LogP contribution in [0, 0.1) is 6.92 Å². The maximum Gasteiger partial charge on any atom is 0.411 e. The van der Waals surface area contributed by atoms with Gasteiger partial charge in [-0.1, -0.05) is 29.8 Å². The number of aryl methyl sites for hydroxylation is 1. The quantitative estimate of drug-likeness (QED) is 0.765. The number of nitrogens with zero attached hydrogens (tertiary/aromatic N) is 1. The maximum absolute atomic E-state index is 12.4. The number of aldehydes is 1. The molecule has 1 amide bonds. The molecule has 1 unspecified atom stereocenters. The molecule has 134 valence electrons. The van der Waals surface area contributed by atoms with Crippen molar-refractivity contribution in [2.75, 3.05) is 7.05 Å². The highest BCUT2D eigenvalue weighted by Crippen LogP contribution is 2.32. The zero-order valence-electron chi connectivity index (χ0n) is 15.6. The number of ether oxygens (including phenoxy) is 1. The van der Waals surface area contributed by atoms with Crippen LogP contribution >= 0.6 is 0 Å². The Morgan fingerprint density at radius 2 is 1.68 bits per heavy atom. The van der Waals surface area contributed by atoms with Crippen molar-refractivity contribution in [3.63, 3.8) is 0 Å². The molecule has 0 bridgehead atoms. The maximum atomic E-state index is 12.4. The molecule has 1 aromatic heterocycles. The number of rotatable bonds is 4. The highest BCUT2D eigenvalue weighted by atomic mass is 16.6. The number of hydrogen-bond acceptors (Lipinski definition) is 4. The molecule has 5 heteroatoms. The summed E-state index contributed by atoms with van der Waals surface area (Å²) >= 11 is 0. The van der Waals surface area contributed by atoms with E-state index in [9.17, 15) is 9.59 Å². The van der Waals surface area contributed by atoms with Crippen molar-refractivity contribution in [2.45, 2.75) is 45.8 Å². The third-order valence-corrected chi connectivity index (χ3v) is 4.03. The van der Waals surface area contributed by atoms with Gasteiger partial charge in [0, 0.05) is 12.6 Å². The van der Waals surface area contributed by atoms with Gasteiger partial charge in [-0.3, -0.25) is 4.90 Å². The Bertz CT molecular complexity index is 755. The second kappa shape index (κ2) is 6.75. The summed E-state index contributed by atoms with van der Waals surface area (Å²) in [7, 11) is 1.52. The van der Waals surface area contributed by atoms with Crippen LogP contribution in [0.25, 0.3) is 11.3 Å². The average Bonchev–Trinajstić information content (AvgIpc) is 3.03. The van der Waals surface area contributed by atoms with Crippen LogP contribution < -0.4 is 0 Å². The molecular weight excluding hydrogens is 318 g/mol. The zero-order valence-corrected chi connectivity index (χ0v) is 15.6. The van der Waals surface area contributed by atoms with Gasteiger partial charge in [-0.05, 0) is 46.8 Å². The van der Waals surface area contributed by atoms with E-state index in [2.05, 4.69) is 0 Å². The van der Waals surface area contributed by atoms with Crippen LogP contribution in [0.3, 0.4) is 0 Å². The molecule has 0 saturated carbocycles. The lowest BCUT2D eigenvalue weighted by molar-refractivity contribution is -0.118. The molecule has 0 fully saturated rings. The summed E-state index contributed by atoms with van der Waals surface area (Å²) in [5.41, 5.74) is 0.152. The van der Waals surface area contributed by atoms with Gasteiger partial charge in [0.05, 0.1) is 0 Å². The fourth-order valence-electron chi connectivity index (χ4n) is 2.31. The van der Waals surface area contributed by atoms with Crippen molar-refractivity contribution < 1.29 is 18.7 Å². The molecular formula is C20H25NO4. The summed E-state index contributed by atoms with van der Waals surface area (Å²) in [6.07, 6.45) is 0.102. The molecule has 1 atom stereocenters. The minimum Gasteiger partial charge on any atom is -0.458 e. The number of benzene rings is 1. The first-order chi connectivity index (χ1) is 11.6. The molecule has 2 rings (SSSR count). The van der Waals surface area contributed by atoms with E-state index in [-0.39, 0.29) is 0 Å². The molecule has 0 N–H and O–H groups in total. The Kier molecular flexibility index (Phi) is 5.07. The van der Waals surface area contributed by atoms with Gasteiger partial charge in [-0.25, -0.2) is 4.79 Å². The highest BCUT2D eigenvalue weighted by Gasteiger charge is 2.39. The largest absolute Gasteiger partial charge is 0.458 e. The van der Waals surface area contributed by atoms with E-state index in [0.29, 0.717) is 17.8 Å². The Morgan fingerprint density at radius 1 is 1.08 bits per heavy atom. The van der Waals surface area contributed by atoms with Crippen LogP contribution in [0.15, 0.2) is 40.8 Å². The zero-order chi connectivity index (χ0) is 18.8. The van der Waals surface area contributed by atoms with E-state index in [1.54, 1.807) is 39.8 Å². The second-order valence-electron chi connectivity index (χ2n) is 7.33. The molecule has 0 aliphatic carbocycles. The molecule has 0 radical (unpaired) electrons. The lowest BCUT2D eigenvalue weighted by Gasteiger charge is -2.33. The normalized spacial score (nSPS) is 13.8. The summed E-state index contributed by atoms with van der Waals surface area (Å²) in [4.78, 5) is 25.4. The predicted octanol–water partition coefficient (Wildman–Crippen LogP) is 4.54. The Morgan fingerprint density at radius 3 is 2.20 bits per heavy atom. The fourth-order valence-corrected chi connectivity index (χ4v) is 2.31. The SMILES string of the molecule is Cc1ccc(-c2ccc(C(C)(C=O)N(C)C(=O)OC(C)(C)C)o2)cc1. The number of amides is 1. The van der Waals surface area contributed by atoms with Gasteiger partial charge in [-0.15, -0.1) is 0 Å². The molecule has 2 aromatic rings. The van der Waals surface area contributed by atoms with E-state index >= 15 is 0 Å². The summed E-state index contributed by atoms with van der Waals surface area (Å²) in [6.45, 7) is 8.97. The summed E-state index contributed by atoms with van der Waals surface area (Å²) < 4.78 is 11.2. The number of hydrogen-bond donors (Lipinski definition) is 0. The topological polar surface area (TPSA) is 59.8 Å². The van der Waals surface area contributed by atoms with E-state index in [4.69, 9.17) is 9.15 Å². The molecule has 25 heavy (non-hydrogen) atoms. The van der Waals surface area contributed by atoms with E-state index in [1.165, 1.54) is 11.9 Å². The van der Waals surface area contributed by atoms with E-state index < -0.39 is 17.2 Å². The molecule has 0 aliphatic heterocycles. The number of likely N-dealkylation sites (N-methyl/N-ethyl adjacent to an activating group) is 1. The first kappa shape index (κ1) is 18.8. The minimum atomic E-state index is -1.26. The smallest absolute Gasteiger partial charge is 0.411 e. The molecule has 1 aromatic carbocycles. The lowest BCUT2D eigenvalue weighted by atomic mass is 9.99. The predicted molar refractivity (Wildman–Crippen MR) is 96.3 cm³/mol. The first-order valence-electron chi connectivity index (χ1n) is 8.17. The highest BCUT2D eigenvalue weighted by molar-refractivity contribution is 5.77. The first-order valence-corrected chi connectivity index (χ1v) is 8.17. The van der Waals surface area contributed by atoms with Gasteiger partial charge >= 0.3 is 6.09 Å². The van der Waals surface area contributed by atoms with Crippen LogP contribution in [0.5, 0.6) is 0 Å². The molecule has 0 saturated heterocycles. The second-order valence-corrected chi connectivity index (χ2v) is 7.33. The van der Waals surface area contributed by atoms with Crippen LogP contribution in [0.4, 0.5) is 4.79 Å². The third-order valence-electron chi connectivity index (χ3n) is 4.03. The van der Waals surface area contributed by atoms with Crippen molar-refractivity contribution >= 4 is 12.4 Å². The fraction of sp³-hybridized carbons (Fsp3) is 0.400. The van der Waals surface area contributed by atoms with Gasteiger partial charge in [-0.2, -0.15) is 0 Å². The van der Waals surface area contributed by atoms with Gasteiger partial charge in [0.25, 0.3) is 0 Å². The van der Waals surface area contributed by atoms with Crippen molar-refractivity contribution in [1.29, 1.82) is 0 Å². The van der Waals surface area contributed by atoms with Crippen LogP contribution in [-0.2, 0) is 15.1 Å². The van der Waals surface area contributed by atoms with E-state index in [1.807, 2.05) is 31.2 Å². The Hall–Kier alpha value is -2.56. The molecule has 0 spiro atoms. The number of carbonyl (C=O) groups excluding carboxylic acids is 2. The average molecular weight is 343 g/mol. The van der Waals surface area contributed by atoms with Crippen LogP contribution in [0.1, 0.15) is 39.0 Å². The third kappa shape index (κ3) is 4.10. The molecule has 0 aliphatic rings. The summed E-state index contributed by atoms with van der Waals surface area (Å²) in [6, 6.07) is 11.4.